The number of aromatic nitrogens is 2. The van der Waals surface area contributed by atoms with Crippen molar-refractivity contribution < 1.29 is 32.7 Å². The predicted octanol–water partition coefficient (Wildman–Crippen LogP) is 6.52. The van der Waals surface area contributed by atoms with E-state index >= 15 is 4.39 Å². The average molecular weight is 611 g/mol. The molecule has 1 aliphatic heterocycles. The number of rotatable bonds is 10. The molecule has 1 aromatic heterocycles. The predicted molar refractivity (Wildman–Crippen MR) is 164 cm³/mol. The van der Waals surface area contributed by atoms with Crippen molar-refractivity contribution in [3.63, 3.8) is 0 Å². The topological polar surface area (TPSA) is 107 Å². The Kier molecular flexibility index (Phi) is 10.6. The summed E-state index contributed by atoms with van der Waals surface area (Å²) < 4.78 is 37.5. The highest BCUT2D eigenvalue weighted by atomic mass is 19.1. The maximum absolute atomic E-state index is 15.3. The third-order valence-corrected chi connectivity index (χ3v) is 7.24. The molecule has 3 aromatic rings. The molecule has 0 bridgehead atoms. The van der Waals surface area contributed by atoms with Gasteiger partial charge in [0.2, 0.25) is 0 Å². The van der Waals surface area contributed by atoms with Gasteiger partial charge in [0.15, 0.2) is 5.82 Å². The lowest BCUT2D eigenvalue weighted by atomic mass is 9.98. The highest BCUT2D eigenvalue weighted by molar-refractivity contribution is 5.96. The number of aryl methyl sites for hydroxylation is 1. The number of hydrogen-bond donors (Lipinski definition) is 0. The minimum atomic E-state index is -0.609. The summed E-state index contributed by atoms with van der Waals surface area (Å²) in [5.41, 5.74) is 1.12. The molecule has 2 heterocycles. The number of nitrogens with zero attached hydrogens (tertiary/aromatic N) is 4. The van der Waals surface area contributed by atoms with Gasteiger partial charge in [-0.05, 0) is 90.8 Å². The Labute approximate surface area is 258 Å². The first-order chi connectivity index (χ1) is 20.9. The Morgan fingerprint density at radius 1 is 1.14 bits per heavy atom. The van der Waals surface area contributed by atoms with Crippen LogP contribution in [0.15, 0.2) is 40.9 Å². The third-order valence-electron chi connectivity index (χ3n) is 7.24. The van der Waals surface area contributed by atoms with E-state index in [9.17, 15) is 9.59 Å². The number of carbonyl (C=O) groups excluding carboxylic acids is 2. The van der Waals surface area contributed by atoms with Crippen LogP contribution in [0.2, 0.25) is 0 Å². The van der Waals surface area contributed by atoms with E-state index in [1.165, 1.54) is 6.07 Å². The molecule has 0 saturated carbocycles. The Bertz CT molecular complexity index is 1450. The first kappa shape index (κ1) is 32.9. The molecule has 1 atom stereocenters. The van der Waals surface area contributed by atoms with Gasteiger partial charge in [-0.2, -0.15) is 4.98 Å². The van der Waals surface area contributed by atoms with Crippen LogP contribution in [-0.2, 0) is 9.47 Å². The Morgan fingerprint density at radius 3 is 2.57 bits per heavy atom. The third kappa shape index (κ3) is 8.13. The maximum Gasteiger partial charge on any atom is 0.410 e. The summed E-state index contributed by atoms with van der Waals surface area (Å²) in [5, 5.41) is 3.84. The number of hydrogen-bond acceptors (Lipinski definition) is 8. The van der Waals surface area contributed by atoms with Crippen LogP contribution in [0.4, 0.5) is 9.18 Å². The van der Waals surface area contributed by atoms with Gasteiger partial charge >= 0.3 is 6.09 Å². The smallest absolute Gasteiger partial charge is 0.410 e. The van der Waals surface area contributed by atoms with Gasteiger partial charge in [-0.3, -0.25) is 4.79 Å². The maximum atomic E-state index is 15.3. The molecule has 44 heavy (non-hydrogen) atoms. The molecule has 0 radical (unpaired) electrons. The molecule has 1 saturated heterocycles. The van der Waals surface area contributed by atoms with E-state index < -0.39 is 11.4 Å². The van der Waals surface area contributed by atoms with E-state index in [2.05, 4.69) is 10.1 Å². The normalized spacial score (nSPS) is 15.4. The molecule has 0 N–H and O–H groups in total. The molecule has 0 unspecified atom stereocenters. The average Bonchev–Trinajstić information content (AvgIpc) is 3.41. The fraction of sp³-hybridized carbons (Fsp3) is 0.515. The number of amides is 2. The lowest BCUT2D eigenvalue weighted by Crippen LogP contribution is -2.54. The molecular weight excluding hydrogens is 567 g/mol. The summed E-state index contributed by atoms with van der Waals surface area (Å²) in [5.74, 6) is 0.461. The zero-order valence-corrected chi connectivity index (χ0v) is 26.7. The summed E-state index contributed by atoms with van der Waals surface area (Å²) in [4.78, 5) is 34.7. The van der Waals surface area contributed by atoms with Crippen LogP contribution in [0.1, 0.15) is 70.1 Å². The van der Waals surface area contributed by atoms with Crippen molar-refractivity contribution in [1.29, 1.82) is 0 Å². The van der Waals surface area contributed by atoms with Crippen LogP contribution in [0.3, 0.4) is 0 Å². The van der Waals surface area contributed by atoms with Gasteiger partial charge in [0.05, 0.1) is 12.6 Å². The largest absolute Gasteiger partial charge is 0.493 e. The number of halogens is 1. The molecule has 0 aliphatic carbocycles. The summed E-state index contributed by atoms with van der Waals surface area (Å²) in [6.45, 7) is 12.9. The van der Waals surface area contributed by atoms with Crippen molar-refractivity contribution in [2.75, 3.05) is 33.4 Å². The number of ether oxygens (including phenoxy) is 3. The summed E-state index contributed by atoms with van der Waals surface area (Å²) in [6.07, 6.45) is 1.74. The lowest BCUT2D eigenvalue weighted by Gasteiger charge is -2.41. The lowest BCUT2D eigenvalue weighted by molar-refractivity contribution is 0.00752. The van der Waals surface area contributed by atoms with E-state index in [4.69, 9.17) is 18.7 Å². The second kappa shape index (κ2) is 14.2. The van der Waals surface area contributed by atoms with Crippen LogP contribution in [0.25, 0.3) is 22.6 Å². The van der Waals surface area contributed by atoms with Gasteiger partial charge in [0.25, 0.3) is 11.8 Å². The molecular formula is C33H43FN4O6. The zero-order chi connectivity index (χ0) is 32.0. The zero-order valence-electron chi connectivity index (χ0n) is 26.7. The van der Waals surface area contributed by atoms with Gasteiger partial charge in [0, 0.05) is 61.5 Å². The fourth-order valence-corrected chi connectivity index (χ4v) is 5.31. The molecule has 11 heteroatoms. The number of piperidine rings is 1. The molecule has 1 aliphatic rings. The Morgan fingerprint density at radius 2 is 1.91 bits per heavy atom. The minimum absolute atomic E-state index is 0.135. The molecule has 4 rings (SSSR count). The molecule has 1 fully saturated rings. The minimum Gasteiger partial charge on any atom is -0.493 e. The van der Waals surface area contributed by atoms with Crippen molar-refractivity contribution in [2.24, 2.45) is 0 Å². The fourth-order valence-electron chi connectivity index (χ4n) is 5.31. The van der Waals surface area contributed by atoms with E-state index in [1.807, 2.05) is 39.5 Å². The van der Waals surface area contributed by atoms with Gasteiger partial charge in [0.1, 0.15) is 17.2 Å². The first-order valence-corrected chi connectivity index (χ1v) is 15.0. The monoisotopic (exact) mass is 610 g/mol. The van der Waals surface area contributed by atoms with Crippen molar-refractivity contribution in [1.82, 2.24) is 19.9 Å². The summed E-state index contributed by atoms with van der Waals surface area (Å²) >= 11 is 0. The summed E-state index contributed by atoms with van der Waals surface area (Å²) in [7, 11) is 1.61. The Hall–Kier alpha value is -3.99. The van der Waals surface area contributed by atoms with Crippen molar-refractivity contribution in [3.8, 4) is 28.3 Å². The Balaban J connectivity index is 1.66. The number of benzene rings is 2. The van der Waals surface area contributed by atoms with Crippen LogP contribution < -0.4 is 4.74 Å². The van der Waals surface area contributed by atoms with Crippen LogP contribution in [0.5, 0.6) is 5.75 Å². The highest BCUT2D eigenvalue weighted by Gasteiger charge is 2.34. The number of methoxy groups -OCH3 is 1. The van der Waals surface area contributed by atoms with E-state index in [0.717, 1.165) is 12.8 Å². The molecule has 2 amide bonds. The molecule has 0 spiro atoms. The number of likely N-dealkylation sites (tertiary alicyclic amines) is 1. The molecule has 238 valence electrons. The molecule has 2 aromatic carbocycles. The van der Waals surface area contributed by atoms with E-state index in [-0.39, 0.29) is 35.5 Å². The SMILES string of the molecule is COCCCOc1cc(C(=O)N(C(C)C)[C@@H]2CCCN(C(=O)OC(C)(C)C)C2)ccc1-c1cc(-c2nc(C)no2)ccc1F. The van der Waals surface area contributed by atoms with Gasteiger partial charge in [-0.1, -0.05) is 5.16 Å². The van der Waals surface area contributed by atoms with Crippen molar-refractivity contribution in [3.05, 3.63) is 53.6 Å². The van der Waals surface area contributed by atoms with Crippen LogP contribution >= 0.6 is 0 Å². The quantitative estimate of drug-likeness (QED) is 0.239. The first-order valence-electron chi connectivity index (χ1n) is 15.0. The van der Waals surface area contributed by atoms with Crippen LogP contribution in [-0.4, -0.2) is 83.0 Å². The van der Waals surface area contributed by atoms with Crippen molar-refractivity contribution in [2.45, 2.75) is 78.5 Å². The van der Waals surface area contributed by atoms with Crippen molar-refractivity contribution >= 4 is 12.0 Å². The van der Waals surface area contributed by atoms with Gasteiger partial charge in [-0.25, -0.2) is 9.18 Å². The second-order valence-electron chi connectivity index (χ2n) is 12.3. The van der Waals surface area contributed by atoms with Crippen LogP contribution in [0, 0.1) is 12.7 Å². The second-order valence-corrected chi connectivity index (χ2v) is 12.3. The van der Waals surface area contributed by atoms with Gasteiger partial charge in [-0.15, -0.1) is 0 Å². The summed E-state index contributed by atoms with van der Waals surface area (Å²) in [6, 6.07) is 9.28. The van der Waals surface area contributed by atoms with E-state index in [1.54, 1.807) is 49.3 Å². The highest BCUT2D eigenvalue weighted by Crippen LogP contribution is 2.36. The molecule has 10 nitrogen and oxygen atoms in total. The standard InChI is InChI=1S/C33H43FN4O6/c1-21(2)38(25-10-8-15-37(20-25)32(40)43-33(4,5)6)31(39)24-11-13-26(29(19-24)42-17-9-16-41-7)27-18-23(12-14-28(27)34)30-35-22(3)36-44-30/h11-14,18-19,21,25H,8-10,15-17,20H2,1-7H3/t25-/m1/s1. The van der Waals surface area contributed by atoms with E-state index in [0.29, 0.717) is 61.0 Å². The number of carbonyl (C=O) groups is 2. The van der Waals surface area contributed by atoms with Gasteiger partial charge < -0.3 is 28.5 Å².